The van der Waals surface area contributed by atoms with Gasteiger partial charge in [-0.05, 0) is 25.1 Å². The number of methoxy groups -OCH3 is 2. The number of aromatic nitrogens is 1. The number of hydrogen-bond donors (Lipinski definition) is 1. The van der Waals surface area contributed by atoms with Gasteiger partial charge in [-0.25, -0.2) is 4.98 Å². The van der Waals surface area contributed by atoms with Gasteiger partial charge in [0.1, 0.15) is 0 Å². The molecule has 0 spiro atoms. The Bertz CT molecular complexity index is 643. The molecule has 0 fully saturated rings. The molecule has 2 aromatic rings. The molecule has 1 atom stereocenters. The number of thiazole rings is 1. The maximum absolute atomic E-state index is 11.6. The van der Waals surface area contributed by atoms with Crippen LogP contribution in [0.5, 0.6) is 11.5 Å². The molecule has 2 rings (SSSR count). The van der Waals surface area contributed by atoms with Gasteiger partial charge in [0.2, 0.25) is 5.91 Å². The van der Waals surface area contributed by atoms with Crippen molar-refractivity contribution in [3.63, 3.8) is 0 Å². The van der Waals surface area contributed by atoms with Gasteiger partial charge in [0.25, 0.3) is 0 Å². The number of hydrogen-bond acceptors (Lipinski definition) is 5. The summed E-state index contributed by atoms with van der Waals surface area (Å²) in [5, 5.41) is 5.20. The molecule has 5 nitrogen and oxygen atoms in total. The lowest BCUT2D eigenvalue weighted by Crippen LogP contribution is -2.19. The average molecular weight is 371 g/mol. The molecule has 1 unspecified atom stereocenters. The Morgan fingerprint density at radius 1 is 1.33 bits per heavy atom. The number of ether oxygens (including phenoxy) is 2. The molecule has 7 heteroatoms. The third-order valence-electron chi connectivity index (χ3n) is 2.77. The molecule has 0 radical (unpaired) electrons. The number of rotatable bonds is 5. The van der Waals surface area contributed by atoms with E-state index in [-0.39, 0.29) is 10.7 Å². The Labute approximate surface area is 135 Å². The van der Waals surface area contributed by atoms with Crippen molar-refractivity contribution in [1.29, 1.82) is 0 Å². The third kappa shape index (κ3) is 3.74. The molecule has 1 aromatic carbocycles. The molecule has 0 aliphatic carbocycles. The van der Waals surface area contributed by atoms with E-state index in [1.165, 1.54) is 11.3 Å². The fraction of sp³-hybridized carbons (Fsp3) is 0.286. The van der Waals surface area contributed by atoms with Gasteiger partial charge in [0.15, 0.2) is 16.6 Å². The third-order valence-corrected chi connectivity index (χ3v) is 3.95. The van der Waals surface area contributed by atoms with Crippen molar-refractivity contribution in [3.05, 3.63) is 23.6 Å². The Balaban J connectivity index is 2.23. The van der Waals surface area contributed by atoms with Crippen LogP contribution in [0.4, 0.5) is 5.13 Å². The number of nitrogens with zero attached hydrogens (tertiary/aromatic N) is 1. The molecular weight excluding hydrogens is 356 g/mol. The summed E-state index contributed by atoms with van der Waals surface area (Å²) in [6.45, 7) is 1.76. The maximum Gasteiger partial charge on any atom is 0.239 e. The van der Waals surface area contributed by atoms with E-state index in [9.17, 15) is 4.79 Å². The first kappa shape index (κ1) is 15.8. The van der Waals surface area contributed by atoms with Crippen molar-refractivity contribution >= 4 is 38.3 Å². The highest BCUT2D eigenvalue weighted by Gasteiger charge is 2.13. The number of anilines is 1. The zero-order valence-corrected chi connectivity index (χ0v) is 14.2. The Kier molecular flexibility index (Phi) is 5.19. The first-order valence-electron chi connectivity index (χ1n) is 6.18. The van der Waals surface area contributed by atoms with Gasteiger partial charge in [0.05, 0.1) is 24.7 Å². The molecule has 1 amide bonds. The summed E-state index contributed by atoms with van der Waals surface area (Å²) in [7, 11) is 3.18. The SMILES string of the molecule is COc1ccc(-c2csc(NC(=O)C(C)Br)n2)cc1OC. The second kappa shape index (κ2) is 6.91. The normalized spacial score (nSPS) is 11.8. The molecule has 1 heterocycles. The maximum atomic E-state index is 11.6. The fourth-order valence-corrected chi connectivity index (χ4v) is 2.50. The summed E-state index contributed by atoms with van der Waals surface area (Å²) in [6, 6.07) is 5.58. The van der Waals surface area contributed by atoms with E-state index in [2.05, 4.69) is 26.2 Å². The summed E-state index contributed by atoms with van der Waals surface area (Å²) in [5.74, 6) is 1.18. The largest absolute Gasteiger partial charge is 0.493 e. The lowest BCUT2D eigenvalue weighted by molar-refractivity contribution is -0.115. The van der Waals surface area contributed by atoms with Crippen LogP contribution in [0.3, 0.4) is 0 Å². The van der Waals surface area contributed by atoms with Crippen molar-refractivity contribution in [2.24, 2.45) is 0 Å². The minimum atomic E-state index is -0.258. The molecule has 21 heavy (non-hydrogen) atoms. The quantitative estimate of drug-likeness (QED) is 0.817. The number of halogens is 1. The fourth-order valence-electron chi connectivity index (χ4n) is 1.66. The van der Waals surface area contributed by atoms with Crippen LogP contribution in [0.15, 0.2) is 23.6 Å². The highest BCUT2D eigenvalue weighted by atomic mass is 79.9. The second-order valence-electron chi connectivity index (χ2n) is 4.21. The standard InChI is InChI=1S/C14H15BrN2O3S/c1-8(15)13(18)17-14-16-10(7-21-14)9-4-5-11(19-2)12(6-9)20-3/h4-8H,1-3H3,(H,16,17,18). The van der Waals surface area contributed by atoms with Crippen molar-refractivity contribution < 1.29 is 14.3 Å². The summed E-state index contributed by atoms with van der Waals surface area (Å²) in [6.07, 6.45) is 0. The lowest BCUT2D eigenvalue weighted by Gasteiger charge is -2.08. The number of carbonyl (C=O) groups is 1. The van der Waals surface area contributed by atoms with E-state index >= 15 is 0 Å². The number of benzene rings is 1. The molecule has 1 N–H and O–H groups in total. The van der Waals surface area contributed by atoms with Gasteiger partial charge in [0, 0.05) is 10.9 Å². The first-order chi connectivity index (χ1) is 10.0. The van der Waals surface area contributed by atoms with Crippen LogP contribution in [-0.2, 0) is 4.79 Å². The Morgan fingerprint density at radius 3 is 2.67 bits per heavy atom. The number of carbonyl (C=O) groups excluding carboxylic acids is 1. The molecule has 0 saturated heterocycles. The zero-order chi connectivity index (χ0) is 15.4. The predicted molar refractivity (Wildman–Crippen MR) is 87.7 cm³/mol. The van der Waals surface area contributed by atoms with Crippen LogP contribution in [0, 0.1) is 0 Å². The Hall–Kier alpha value is -1.60. The van der Waals surface area contributed by atoms with Gasteiger partial charge in [-0.3, -0.25) is 4.79 Å². The van der Waals surface area contributed by atoms with Crippen LogP contribution >= 0.6 is 27.3 Å². The van der Waals surface area contributed by atoms with Crippen molar-refractivity contribution in [3.8, 4) is 22.8 Å². The minimum Gasteiger partial charge on any atom is -0.493 e. The van der Waals surface area contributed by atoms with Crippen molar-refractivity contribution in [1.82, 2.24) is 4.98 Å². The summed E-state index contributed by atoms with van der Waals surface area (Å²) >= 11 is 4.60. The van der Waals surface area contributed by atoms with Gasteiger partial charge in [-0.2, -0.15) is 0 Å². The van der Waals surface area contributed by atoms with Gasteiger partial charge >= 0.3 is 0 Å². The van der Waals surface area contributed by atoms with Crippen LogP contribution in [0.1, 0.15) is 6.92 Å². The lowest BCUT2D eigenvalue weighted by atomic mass is 10.1. The molecule has 1 aromatic heterocycles. The summed E-state index contributed by atoms with van der Waals surface area (Å²) < 4.78 is 10.5. The van der Waals surface area contributed by atoms with E-state index < -0.39 is 0 Å². The Morgan fingerprint density at radius 2 is 2.05 bits per heavy atom. The summed E-state index contributed by atoms with van der Waals surface area (Å²) in [4.78, 5) is 15.8. The molecular formula is C14H15BrN2O3S. The minimum absolute atomic E-state index is 0.122. The van der Waals surface area contributed by atoms with E-state index in [0.29, 0.717) is 16.6 Å². The van der Waals surface area contributed by atoms with E-state index in [4.69, 9.17) is 9.47 Å². The van der Waals surface area contributed by atoms with Crippen LogP contribution < -0.4 is 14.8 Å². The van der Waals surface area contributed by atoms with Gasteiger partial charge in [-0.15, -0.1) is 11.3 Å². The molecule has 0 aliphatic heterocycles. The van der Waals surface area contributed by atoms with Crippen LogP contribution in [-0.4, -0.2) is 29.9 Å². The van der Waals surface area contributed by atoms with Gasteiger partial charge in [-0.1, -0.05) is 15.9 Å². The number of alkyl halides is 1. The average Bonchev–Trinajstić information content (AvgIpc) is 2.94. The predicted octanol–water partition coefficient (Wildman–Crippen LogP) is 3.55. The monoisotopic (exact) mass is 370 g/mol. The van der Waals surface area contributed by atoms with Crippen molar-refractivity contribution in [2.75, 3.05) is 19.5 Å². The van der Waals surface area contributed by atoms with E-state index in [1.807, 2.05) is 23.6 Å². The molecule has 112 valence electrons. The van der Waals surface area contributed by atoms with E-state index in [0.717, 1.165) is 11.3 Å². The van der Waals surface area contributed by atoms with Crippen LogP contribution in [0.25, 0.3) is 11.3 Å². The molecule has 0 saturated carbocycles. The second-order valence-corrected chi connectivity index (χ2v) is 6.44. The molecule has 0 bridgehead atoms. The smallest absolute Gasteiger partial charge is 0.239 e. The number of nitrogens with one attached hydrogen (secondary N) is 1. The first-order valence-corrected chi connectivity index (χ1v) is 7.97. The van der Waals surface area contributed by atoms with Crippen molar-refractivity contribution in [2.45, 2.75) is 11.8 Å². The van der Waals surface area contributed by atoms with Gasteiger partial charge < -0.3 is 14.8 Å². The number of amides is 1. The summed E-state index contributed by atoms with van der Waals surface area (Å²) in [5.41, 5.74) is 1.68. The highest BCUT2D eigenvalue weighted by molar-refractivity contribution is 9.10. The topological polar surface area (TPSA) is 60.5 Å². The van der Waals surface area contributed by atoms with E-state index in [1.54, 1.807) is 21.1 Å². The molecule has 0 aliphatic rings. The highest BCUT2D eigenvalue weighted by Crippen LogP contribution is 2.33. The van der Waals surface area contributed by atoms with Crippen LogP contribution in [0.2, 0.25) is 0 Å². The zero-order valence-electron chi connectivity index (χ0n) is 11.8.